The van der Waals surface area contributed by atoms with Crippen LogP contribution in [0.15, 0.2) is 47.3 Å². The summed E-state index contributed by atoms with van der Waals surface area (Å²) in [5.74, 6) is -0.595. The molecule has 0 atom stereocenters. The number of rotatable bonds is 2. The highest BCUT2D eigenvalue weighted by atomic mass is 19.1. The molecule has 0 spiro atoms. The van der Waals surface area contributed by atoms with E-state index in [9.17, 15) is 14.0 Å². The summed E-state index contributed by atoms with van der Waals surface area (Å²) in [5.41, 5.74) is 0.642. The first-order chi connectivity index (χ1) is 11.1. The molecule has 2 aromatic rings. The first-order valence-corrected chi connectivity index (χ1v) is 7.27. The van der Waals surface area contributed by atoms with Gasteiger partial charge in [0, 0.05) is 26.2 Å². The van der Waals surface area contributed by atoms with Gasteiger partial charge in [-0.05, 0) is 18.2 Å². The third-order valence-electron chi connectivity index (χ3n) is 3.74. The van der Waals surface area contributed by atoms with Gasteiger partial charge in [-0.3, -0.25) is 4.79 Å². The van der Waals surface area contributed by atoms with Crippen LogP contribution in [-0.2, 0) is 0 Å². The fourth-order valence-electron chi connectivity index (χ4n) is 2.44. The maximum atomic E-state index is 13.5. The zero-order chi connectivity index (χ0) is 16.2. The topological polar surface area (TPSA) is 65.8 Å². The van der Waals surface area contributed by atoms with Gasteiger partial charge in [0.1, 0.15) is 12.1 Å². The number of para-hydroxylation sites is 1. The molecule has 3 amide bonds. The number of hydrogen-bond donors (Lipinski definition) is 1. The number of benzene rings is 1. The lowest BCUT2D eigenvalue weighted by atomic mass is 10.2. The number of halogens is 1. The van der Waals surface area contributed by atoms with Crippen LogP contribution in [0.3, 0.4) is 0 Å². The first kappa shape index (κ1) is 15.1. The fraction of sp³-hybridized carbons (Fsp3) is 0.250. The molecule has 1 fully saturated rings. The molecule has 1 aliphatic rings. The quantitative estimate of drug-likeness (QED) is 0.925. The molecule has 0 radical (unpaired) electrons. The Labute approximate surface area is 132 Å². The minimum atomic E-state index is -0.477. The van der Waals surface area contributed by atoms with Crippen LogP contribution in [-0.4, -0.2) is 47.9 Å². The van der Waals surface area contributed by atoms with Crippen molar-refractivity contribution in [2.75, 3.05) is 31.5 Å². The van der Waals surface area contributed by atoms with Gasteiger partial charge in [-0.1, -0.05) is 12.1 Å². The Hall–Kier alpha value is -2.83. The normalized spacial score (nSPS) is 14.7. The van der Waals surface area contributed by atoms with Gasteiger partial charge in [0.2, 0.25) is 0 Å². The fourth-order valence-corrected chi connectivity index (χ4v) is 2.44. The second-order valence-electron chi connectivity index (χ2n) is 5.20. The van der Waals surface area contributed by atoms with Crippen molar-refractivity contribution in [3.8, 4) is 0 Å². The second kappa shape index (κ2) is 6.51. The molecule has 0 unspecified atom stereocenters. The van der Waals surface area contributed by atoms with E-state index in [1.54, 1.807) is 28.0 Å². The van der Waals surface area contributed by atoms with Crippen molar-refractivity contribution in [1.82, 2.24) is 9.80 Å². The molecule has 1 aliphatic heterocycles. The zero-order valence-electron chi connectivity index (χ0n) is 12.4. The van der Waals surface area contributed by atoms with Crippen molar-refractivity contribution in [3.05, 3.63) is 54.2 Å². The number of amides is 3. The van der Waals surface area contributed by atoms with E-state index in [0.29, 0.717) is 31.7 Å². The molecule has 1 N–H and O–H groups in total. The molecule has 23 heavy (non-hydrogen) atoms. The van der Waals surface area contributed by atoms with Crippen LogP contribution in [0, 0.1) is 5.82 Å². The maximum Gasteiger partial charge on any atom is 0.322 e. The number of piperazine rings is 1. The molecule has 120 valence electrons. The minimum absolute atomic E-state index is 0.118. The standard InChI is InChI=1S/C16H16FN3O3/c17-13-3-1-2-4-14(13)18-16(22)20-8-6-19(7-9-20)15(21)12-5-10-23-11-12/h1-5,10-11H,6-9H2,(H,18,22). The number of anilines is 1. The molecule has 7 heteroatoms. The summed E-state index contributed by atoms with van der Waals surface area (Å²) in [6.07, 6.45) is 2.85. The minimum Gasteiger partial charge on any atom is -0.472 e. The van der Waals surface area contributed by atoms with E-state index < -0.39 is 5.82 Å². The van der Waals surface area contributed by atoms with Gasteiger partial charge in [0.05, 0.1) is 17.5 Å². The average Bonchev–Trinajstić information content (AvgIpc) is 3.11. The van der Waals surface area contributed by atoms with Gasteiger partial charge >= 0.3 is 6.03 Å². The van der Waals surface area contributed by atoms with Gasteiger partial charge in [0.15, 0.2) is 0 Å². The third kappa shape index (κ3) is 3.33. The Morgan fingerprint density at radius 2 is 1.74 bits per heavy atom. The van der Waals surface area contributed by atoms with Crippen LogP contribution in [0.4, 0.5) is 14.9 Å². The summed E-state index contributed by atoms with van der Waals surface area (Å²) in [7, 11) is 0. The van der Waals surface area contributed by atoms with E-state index in [0.717, 1.165) is 0 Å². The van der Waals surface area contributed by atoms with Crippen molar-refractivity contribution in [3.63, 3.8) is 0 Å². The Morgan fingerprint density at radius 1 is 1.04 bits per heavy atom. The highest BCUT2D eigenvalue weighted by Crippen LogP contribution is 2.14. The van der Waals surface area contributed by atoms with E-state index in [-0.39, 0.29) is 17.6 Å². The van der Waals surface area contributed by atoms with Gasteiger partial charge in [-0.15, -0.1) is 0 Å². The summed E-state index contributed by atoms with van der Waals surface area (Å²) in [6.45, 7) is 1.64. The first-order valence-electron chi connectivity index (χ1n) is 7.27. The lowest BCUT2D eigenvalue weighted by Gasteiger charge is -2.34. The largest absolute Gasteiger partial charge is 0.472 e. The molecule has 0 aliphatic carbocycles. The summed E-state index contributed by atoms with van der Waals surface area (Å²) in [4.78, 5) is 27.6. The molecular weight excluding hydrogens is 301 g/mol. The number of carbonyl (C=O) groups excluding carboxylic acids is 2. The van der Waals surface area contributed by atoms with Crippen LogP contribution in [0.1, 0.15) is 10.4 Å². The molecule has 1 aromatic carbocycles. The Balaban J connectivity index is 1.55. The highest BCUT2D eigenvalue weighted by Gasteiger charge is 2.25. The Bertz CT molecular complexity index is 694. The van der Waals surface area contributed by atoms with Crippen LogP contribution in [0.5, 0.6) is 0 Å². The molecule has 3 rings (SSSR count). The molecule has 0 saturated carbocycles. The van der Waals surface area contributed by atoms with Crippen LogP contribution >= 0.6 is 0 Å². The lowest BCUT2D eigenvalue weighted by molar-refractivity contribution is 0.0671. The van der Waals surface area contributed by atoms with Gasteiger partial charge in [-0.2, -0.15) is 0 Å². The van der Waals surface area contributed by atoms with E-state index in [2.05, 4.69) is 5.32 Å². The Kier molecular flexibility index (Phi) is 4.27. The molecule has 1 saturated heterocycles. The summed E-state index contributed by atoms with van der Waals surface area (Å²) in [5, 5.41) is 2.55. The molecular formula is C16H16FN3O3. The van der Waals surface area contributed by atoms with Crippen LogP contribution in [0.25, 0.3) is 0 Å². The highest BCUT2D eigenvalue weighted by molar-refractivity contribution is 5.94. The monoisotopic (exact) mass is 317 g/mol. The lowest BCUT2D eigenvalue weighted by Crippen LogP contribution is -2.51. The van der Waals surface area contributed by atoms with Crippen LogP contribution in [0.2, 0.25) is 0 Å². The van der Waals surface area contributed by atoms with Gasteiger partial charge in [0.25, 0.3) is 5.91 Å². The van der Waals surface area contributed by atoms with E-state index in [1.165, 1.54) is 24.7 Å². The second-order valence-corrected chi connectivity index (χ2v) is 5.20. The zero-order valence-corrected chi connectivity index (χ0v) is 12.4. The molecule has 0 bridgehead atoms. The van der Waals surface area contributed by atoms with Crippen molar-refractivity contribution < 1.29 is 18.4 Å². The average molecular weight is 317 g/mol. The van der Waals surface area contributed by atoms with Crippen molar-refractivity contribution in [2.24, 2.45) is 0 Å². The SMILES string of the molecule is O=C(Nc1ccccc1F)N1CCN(C(=O)c2ccoc2)CC1. The number of hydrogen-bond acceptors (Lipinski definition) is 3. The van der Waals surface area contributed by atoms with Crippen molar-refractivity contribution in [2.45, 2.75) is 0 Å². The van der Waals surface area contributed by atoms with E-state index >= 15 is 0 Å². The predicted molar refractivity (Wildman–Crippen MR) is 81.6 cm³/mol. The van der Waals surface area contributed by atoms with E-state index in [4.69, 9.17) is 4.42 Å². The summed E-state index contributed by atoms with van der Waals surface area (Å²) >= 11 is 0. The van der Waals surface area contributed by atoms with Crippen LogP contribution < -0.4 is 5.32 Å². The van der Waals surface area contributed by atoms with Gasteiger partial charge in [-0.25, -0.2) is 9.18 Å². The number of furan rings is 1. The number of carbonyl (C=O) groups is 2. The van der Waals surface area contributed by atoms with Gasteiger partial charge < -0.3 is 19.5 Å². The third-order valence-corrected chi connectivity index (χ3v) is 3.74. The maximum absolute atomic E-state index is 13.5. The molecule has 2 heterocycles. The van der Waals surface area contributed by atoms with E-state index in [1.807, 2.05) is 0 Å². The number of nitrogens with one attached hydrogen (secondary N) is 1. The smallest absolute Gasteiger partial charge is 0.322 e. The molecule has 1 aromatic heterocycles. The summed E-state index contributed by atoms with van der Waals surface area (Å²) in [6, 6.07) is 7.25. The van der Waals surface area contributed by atoms with Crippen molar-refractivity contribution >= 4 is 17.6 Å². The molecule has 6 nitrogen and oxygen atoms in total. The number of nitrogens with zero attached hydrogens (tertiary/aromatic N) is 2. The van der Waals surface area contributed by atoms with Crippen molar-refractivity contribution in [1.29, 1.82) is 0 Å². The summed E-state index contributed by atoms with van der Waals surface area (Å²) < 4.78 is 18.5. The Morgan fingerprint density at radius 3 is 2.39 bits per heavy atom. The predicted octanol–water partition coefficient (Wildman–Crippen LogP) is 2.41. The number of urea groups is 1.